The van der Waals surface area contributed by atoms with Gasteiger partial charge in [0.25, 0.3) is 5.82 Å². The van der Waals surface area contributed by atoms with Crippen LogP contribution in [0.3, 0.4) is 0 Å². The van der Waals surface area contributed by atoms with Gasteiger partial charge in [0, 0.05) is 6.54 Å². The van der Waals surface area contributed by atoms with Crippen molar-refractivity contribution in [3.8, 4) is 6.07 Å². The van der Waals surface area contributed by atoms with E-state index >= 15 is 0 Å². The normalized spacial score (nSPS) is 10.3. The number of aryl methyl sites for hydroxylation is 1. The molecule has 5 nitrogen and oxygen atoms in total. The van der Waals surface area contributed by atoms with Gasteiger partial charge in [-0.3, -0.25) is 4.68 Å². The van der Waals surface area contributed by atoms with Crippen molar-refractivity contribution < 1.29 is 0 Å². The molecular weight excluding hydrogens is 166 g/mol. The second kappa shape index (κ2) is 4.58. The van der Waals surface area contributed by atoms with Crippen molar-refractivity contribution in [1.29, 1.82) is 5.26 Å². The van der Waals surface area contributed by atoms with Crippen LogP contribution in [0.1, 0.15) is 12.2 Å². The molecule has 0 aliphatic carbocycles. The Hall–Kier alpha value is -1.41. The van der Waals surface area contributed by atoms with Crippen LogP contribution in [0.4, 0.5) is 0 Å². The third kappa shape index (κ3) is 3.22. The monoisotopic (exact) mass is 179 g/mol. The lowest BCUT2D eigenvalue weighted by atomic mass is 10.4. The highest BCUT2D eigenvalue weighted by Crippen LogP contribution is 1.91. The van der Waals surface area contributed by atoms with Gasteiger partial charge in [0.2, 0.25) is 0 Å². The van der Waals surface area contributed by atoms with Gasteiger partial charge in [0.1, 0.15) is 12.4 Å². The molecule has 0 saturated carbocycles. The second-order valence-corrected chi connectivity index (χ2v) is 3.10. The van der Waals surface area contributed by atoms with Crippen LogP contribution in [0.5, 0.6) is 0 Å². The van der Waals surface area contributed by atoms with Crippen LogP contribution < -0.4 is 0 Å². The Morgan fingerprint density at radius 2 is 2.38 bits per heavy atom. The van der Waals surface area contributed by atoms with Crippen LogP contribution in [-0.4, -0.2) is 40.3 Å². The average Bonchev–Trinajstić information content (AvgIpc) is 2.52. The van der Waals surface area contributed by atoms with E-state index in [1.807, 2.05) is 20.2 Å². The Labute approximate surface area is 77.6 Å². The third-order valence-electron chi connectivity index (χ3n) is 1.63. The first-order chi connectivity index (χ1) is 6.22. The molecule has 1 aromatic rings. The zero-order chi connectivity index (χ0) is 9.68. The van der Waals surface area contributed by atoms with Crippen molar-refractivity contribution in [3.05, 3.63) is 12.2 Å². The minimum Gasteiger partial charge on any atom is -0.309 e. The number of rotatable bonds is 4. The van der Waals surface area contributed by atoms with E-state index in [-0.39, 0.29) is 5.82 Å². The first kappa shape index (κ1) is 9.68. The van der Waals surface area contributed by atoms with Crippen LogP contribution in [0.15, 0.2) is 6.33 Å². The van der Waals surface area contributed by atoms with Gasteiger partial charge < -0.3 is 4.90 Å². The van der Waals surface area contributed by atoms with Gasteiger partial charge >= 0.3 is 0 Å². The Kier molecular flexibility index (Phi) is 3.41. The van der Waals surface area contributed by atoms with Crippen molar-refractivity contribution in [1.82, 2.24) is 19.7 Å². The molecule has 0 saturated heterocycles. The maximum Gasteiger partial charge on any atom is 0.252 e. The molecule has 0 aliphatic heterocycles. The molecule has 0 atom stereocenters. The summed E-state index contributed by atoms with van der Waals surface area (Å²) >= 11 is 0. The summed E-state index contributed by atoms with van der Waals surface area (Å²) in [5.41, 5.74) is 0. The standard InChI is InChI=1S/C8H13N5/c1-12(2)4-3-5-13-7-10-8(6-9)11-13/h7H,3-5H2,1-2H3. The smallest absolute Gasteiger partial charge is 0.252 e. The summed E-state index contributed by atoms with van der Waals surface area (Å²) in [6.45, 7) is 1.83. The Bertz CT molecular complexity index is 296. The fraction of sp³-hybridized carbons (Fsp3) is 0.625. The van der Waals surface area contributed by atoms with Crippen LogP contribution in [0.25, 0.3) is 0 Å². The minimum absolute atomic E-state index is 0.241. The summed E-state index contributed by atoms with van der Waals surface area (Å²) in [6.07, 6.45) is 2.61. The molecule has 1 aromatic heterocycles. The quantitative estimate of drug-likeness (QED) is 0.658. The lowest BCUT2D eigenvalue weighted by Crippen LogP contribution is -2.15. The summed E-state index contributed by atoms with van der Waals surface area (Å²) < 4.78 is 1.70. The lowest BCUT2D eigenvalue weighted by molar-refractivity contribution is 0.380. The highest BCUT2D eigenvalue weighted by atomic mass is 15.3. The molecule has 0 spiro atoms. The van der Waals surface area contributed by atoms with Gasteiger partial charge in [-0.15, -0.1) is 5.10 Å². The maximum absolute atomic E-state index is 8.47. The SMILES string of the molecule is CN(C)CCCn1cnc(C#N)n1. The molecule has 0 amide bonds. The van der Waals surface area contributed by atoms with Gasteiger partial charge in [-0.2, -0.15) is 5.26 Å². The summed E-state index contributed by atoms with van der Waals surface area (Å²) in [6, 6.07) is 1.89. The van der Waals surface area contributed by atoms with Crippen LogP contribution in [0.2, 0.25) is 0 Å². The molecule has 0 fully saturated rings. The van der Waals surface area contributed by atoms with Crippen molar-refractivity contribution in [2.24, 2.45) is 0 Å². The molecule has 0 aromatic carbocycles. The van der Waals surface area contributed by atoms with E-state index in [1.165, 1.54) is 0 Å². The summed E-state index contributed by atoms with van der Waals surface area (Å²) in [4.78, 5) is 5.92. The number of hydrogen-bond acceptors (Lipinski definition) is 4. The summed E-state index contributed by atoms with van der Waals surface area (Å²) in [7, 11) is 4.06. The highest BCUT2D eigenvalue weighted by Gasteiger charge is 1.98. The van der Waals surface area contributed by atoms with Gasteiger partial charge in [-0.05, 0) is 27.1 Å². The predicted octanol–water partition coefficient (Wildman–Crippen LogP) is 0.101. The van der Waals surface area contributed by atoms with E-state index in [1.54, 1.807) is 11.0 Å². The van der Waals surface area contributed by atoms with Crippen molar-refractivity contribution in [2.45, 2.75) is 13.0 Å². The van der Waals surface area contributed by atoms with E-state index in [2.05, 4.69) is 15.0 Å². The molecule has 0 bridgehead atoms. The minimum atomic E-state index is 0.241. The lowest BCUT2D eigenvalue weighted by Gasteiger charge is -2.07. The molecule has 0 unspecified atom stereocenters. The van der Waals surface area contributed by atoms with Crippen LogP contribution >= 0.6 is 0 Å². The Morgan fingerprint density at radius 3 is 2.92 bits per heavy atom. The van der Waals surface area contributed by atoms with E-state index in [4.69, 9.17) is 5.26 Å². The van der Waals surface area contributed by atoms with E-state index in [0.717, 1.165) is 19.5 Å². The Balaban J connectivity index is 2.34. The zero-order valence-electron chi connectivity index (χ0n) is 7.93. The van der Waals surface area contributed by atoms with Crippen molar-refractivity contribution in [3.63, 3.8) is 0 Å². The van der Waals surface area contributed by atoms with Crippen LogP contribution in [0, 0.1) is 11.3 Å². The zero-order valence-corrected chi connectivity index (χ0v) is 7.93. The molecule has 5 heteroatoms. The summed E-state index contributed by atoms with van der Waals surface area (Å²) in [5, 5.41) is 12.4. The van der Waals surface area contributed by atoms with E-state index in [9.17, 15) is 0 Å². The topological polar surface area (TPSA) is 57.7 Å². The molecular formula is C8H13N5. The molecule has 0 radical (unpaired) electrons. The molecule has 0 aliphatic rings. The van der Waals surface area contributed by atoms with E-state index in [0.29, 0.717) is 0 Å². The van der Waals surface area contributed by atoms with Crippen molar-refractivity contribution in [2.75, 3.05) is 20.6 Å². The molecule has 0 N–H and O–H groups in total. The largest absolute Gasteiger partial charge is 0.309 e. The predicted molar refractivity (Wildman–Crippen MR) is 47.9 cm³/mol. The van der Waals surface area contributed by atoms with Gasteiger partial charge in [-0.25, -0.2) is 4.98 Å². The first-order valence-corrected chi connectivity index (χ1v) is 4.16. The van der Waals surface area contributed by atoms with Gasteiger partial charge in [0.05, 0.1) is 0 Å². The molecule has 70 valence electrons. The number of hydrogen-bond donors (Lipinski definition) is 0. The van der Waals surface area contributed by atoms with Gasteiger partial charge in [-0.1, -0.05) is 0 Å². The van der Waals surface area contributed by atoms with Crippen LogP contribution in [-0.2, 0) is 6.54 Å². The second-order valence-electron chi connectivity index (χ2n) is 3.10. The fourth-order valence-electron chi connectivity index (χ4n) is 1.00. The first-order valence-electron chi connectivity index (χ1n) is 4.16. The van der Waals surface area contributed by atoms with E-state index < -0.39 is 0 Å². The number of nitrogens with zero attached hydrogens (tertiary/aromatic N) is 5. The Morgan fingerprint density at radius 1 is 1.62 bits per heavy atom. The highest BCUT2D eigenvalue weighted by molar-refractivity contribution is 5.05. The molecule has 13 heavy (non-hydrogen) atoms. The van der Waals surface area contributed by atoms with Gasteiger partial charge in [0.15, 0.2) is 0 Å². The fourth-order valence-corrected chi connectivity index (χ4v) is 1.00. The maximum atomic E-state index is 8.47. The number of aromatic nitrogens is 3. The average molecular weight is 179 g/mol. The third-order valence-corrected chi connectivity index (χ3v) is 1.63. The summed E-state index contributed by atoms with van der Waals surface area (Å²) in [5.74, 6) is 0.241. The number of nitriles is 1. The molecule has 1 rings (SSSR count). The molecule has 1 heterocycles. The van der Waals surface area contributed by atoms with Crippen molar-refractivity contribution >= 4 is 0 Å².